The standard InChI is InChI=1S/C12H23NS.C7H5NS/c1-3-7-11(8-4-1)13-14-12-9-5-2-6-10-12;1-2-4-7-6(3-1)8-5-9-7/h11-13H,1-10H2;1-5H. The van der Waals surface area contributed by atoms with E-state index in [0.717, 1.165) is 16.8 Å². The van der Waals surface area contributed by atoms with Crippen molar-refractivity contribution in [3.05, 3.63) is 29.8 Å². The van der Waals surface area contributed by atoms with Crippen molar-refractivity contribution in [3.8, 4) is 0 Å². The molecule has 1 aromatic heterocycles. The molecule has 0 aliphatic heterocycles. The third-order valence-corrected chi connectivity index (χ3v) is 6.88. The van der Waals surface area contributed by atoms with E-state index in [1.165, 1.54) is 68.9 Å². The fourth-order valence-corrected chi connectivity index (χ4v) is 5.27. The summed E-state index contributed by atoms with van der Waals surface area (Å²) in [6, 6.07) is 8.96. The third kappa shape index (κ3) is 5.77. The molecule has 0 saturated heterocycles. The van der Waals surface area contributed by atoms with Gasteiger partial charge < -0.3 is 0 Å². The average Bonchev–Trinajstić information content (AvgIpc) is 3.11. The van der Waals surface area contributed by atoms with Crippen LogP contribution in [0.1, 0.15) is 64.2 Å². The van der Waals surface area contributed by atoms with Gasteiger partial charge in [-0.05, 0) is 37.8 Å². The van der Waals surface area contributed by atoms with E-state index in [1.807, 2.05) is 23.7 Å². The number of rotatable bonds is 3. The lowest BCUT2D eigenvalue weighted by atomic mass is 9.96. The quantitative estimate of drug-likeness (QED) is 0.670. The highest BCUT2D eigenvalue weighted by molar-refractivity contribution is 7.98. The summed E-state index contributed by atoms with van der Waals surface area (Å²) in [5, 5.41) is 0.922. The second-order valence-electron chi connectivity index (χ2n) is 6.65. The fourth-order valence-electron chi connectivity index (χ4n) is 3.40. The van der Waals surface area contributed by atoms with Gasteiger partial charge in [0, 0.05) is 11.3 Å². The van der Waals surface area contributed by atoms with Gasteiger partial charge in [0.1, 0.15) is 0 Å². The van der Waals surface area contributed by atoms with Crippen molar-refractivity contribution >= 4 is 33.5 Å². The highest BCUT2D eigenvalue weighted by Gasteiger charge is 2.17. The van der Waals surface area contributed by atoms with Crippen molar-refractivity contribution in [1.29, 1.82) is 0 Å². The summed E-state index contributed by atoms with van der Waals surface area (Å²) in [6.07, 6.45) is 14.5. The molecule has 0 spiro atoms. The molecule has 2 aliphatic carbocycles. The molecule has 4 rings (SSSR count). The zero-order valence-electron chi connectivity index (χ0n) is 13.9. The topological polar surface area (TPSA) is 24.9 Å². The number of para-hydroxylation sites is 1. The van der Waals surface area contributed by atoms with E-state index in [1.54, 1.807) is 11.3 Å². The number of nitrogens with zero attached hydrogens (tertiary/aromatic N) is 1. The van der Waals surface area contributed by atoms with E-state index < -0.39 is 0 Å². The Balaban J connectivity index is 0.000000149. The van der Waals surface area contributed by atoms with E-state index in [-0.39, 0.29) is 0 Å². The first kappa shape index (κ1) is 17.2. The van der Waals surface area contributed by atoms with Gasteiger partial charge in [-0.25, -0.2) is 4.98 Å². The van der Waals surface area contributed by atoms with Crippen LogP contribution in [0.25, 0.3) is 10.2 Å². The van der Waals surface area contributed by atoms with Crippen LogP contribution in [0, 0.1) is 0 Å². The molecule has 23 heavy (non-hydrogen) atoms. The second-order valence-corrected chi connectivity index (χ2v) is 8.68. The Morgan fingerprint density at radius 2 is 1.61 bits per heavy atom. The van der Waals surface area contributed by atoms with Crippen molar-refractivity contribution in [2.75, 3.05) is 0 Å². The molecule has 0 bridgehead atoms. The van der Waals surface area contributed by atoms with Gasteiger partial charge in [-0.1, -0.05) is 62.6 Å². The Morgan fingerprint density at radius 1 is 0.913 bits per heavy atom. The highest BCUT2D eigenvalue weighted by atomic mass is 32.2. The molecule has 0 unspecified atom stereocenters. The molecule has 2 aliphatic rings. The molecule has 4 heteroatoms. The SMILES string of the molecule is C1CCC(NSC2CCCCC2)CC1.c1ccc2scnc2c1. The van der Waals surface area contributed by atoms with Crippen LogP contribution in [-0.4, -0.2) is 16.3 Å². The van der Waals surface area contributed by atoms with Gasteiger partial charge in [-0.2, -0.15) is 0 Å². The summed E-state index contributed by atoms with van der Waals surface area (Å²) in [6.45, 7) is 0. The zero-order chi connectivity index (χ0) is 15.7. The number of benzene rings is 1. The van der Waals surface area contributed by atoms with Crippen LogP contribution in [0.2, 0.25) is 0 Å². The van der Waals surface area contributed by atoms with Crippen molar-refractivity contribution in [2.45, 2.75) is 75.5 Å². The van der Waals surface area contributed by atoms with Crippen LogP contribution >= 0.6 is 23.3 Å². The molecule has 0 atom stereocenters. The number of hydrogen-bond acceptors (Lipinski definition) is 4. The fraction of sp³-hybridized carbons (Fsp3) is 0.632. The Hall–Kier alpha value is -0.580. The van der Waals surface area contributed by atoms with Crippen molar-refractivity contribution in [3.63, 3.8) is 0 Å². The van der Waals surface area contributed by atoms with E-state index in [9.17, 15) is 0 Å². The van der Waals surface area contributed by atoms with E-state index in [0.29, 0.717) is 0 Å². The number of thiazole rings is 1. The molecule has 1 aromatic carbocycles. The lowest BCUT2D eigenvalue weighted by Crippen LogP contribution is -2.28. The molecule has 126 valence electrons. The van der Waals surface area contributed by atoms with E-state index in [4.69, 9.17) is 0 Å². The molecule has 2 aromatic rings. The molecule has 2 fully saturated rings. The number of aromatic nitrogens is 1. The molecule has 2 saturated carbocycles. The summed E-state index contributed by atoms with van der Waals surface area (Å²) in [7, 11) is 0. The molecule has 0 amide bonds. The summed E-state index contributed by atoms with van der Waals surface area (Å²) >= 11 is 3.73. The van der Waals surface area contributed by atoms with Crippen LogP contribution in [0.4, 0.5) is 0 Å². The summed E-state index contributed by atoms with van der Waals surface area (Å²) in [5.41, 5.74) is 2.97. The predicted octanol–water partition coefficient (Wildman–Crippen LogP) is 6.19. The van der Waals surface area contributed by atoms with Gasteiger partial charge in [-0.3, -0.25) is 4.72 Å². The minimum Gasteiger partial charge on any atom is -0.261 e. The molecule has 0 radical (unpaired) electrons. The van der Waals surface area contributed by atoms with Crippen molar-refractivity contribution in [2.24, 2.45) is 0 Å². The molecular formula is C19H28N2S2. The molecule has 1 N–H and O–H groups in total. The normalized spacial score (nSPS) is 20.2. The number of nitrogens with one attached hydrogen (secondary N) is 1. The maximum Gasteiger partial charge on any atom is 0.0812 e. The highest BCUT2D eigenvalue weighted by Crippen LogP contribution is 2.28. The Morgan fingerprint density at radius 3 is 2.35 bits per heavy atom. The van der Waals surface area contributed by atoms with Gasteiger partial charge in [-0.15, -0.1) is 11.3 Å². The van der Waals surface area contributed by atoms with Gasteiger partial charge in [0.15, 0.2) is 0 Å². The predicted molar refractivity (Wildman–Crippen MR) is 104 cm³/mol. The lowest BCUT2D eigenvalue weighted by Gasteiger charge is -2.26. The minimum absolute atomic E-state index is 0.829. The van der Waals surface area contributed by atoms with Crippen molar-refractivity contribution in [1.82, 2.24) is 9.71 Å². The van der Waals surface area contributed by atoms with E-state index in [2.05, 4.69) is 27.7 Å². The second kappa shape index (κ2) is 9.65. The first-order valence-corrected chi connectivity index (χ1v) is 10.9. The van der Waals surface area contributed by atoms with Crippen LogP contribution in [0.15, 0.2) is 29.8 Å². The van der Waals surface area contributed by atoms with Gasteiger partial charge in [0.25, 0.3) is 0 Å². The molecule has 2 nitrogen and oxygen atoms in total. The average molecular weight is 349 g/mol. The summed E-state index contributed by atoms with van der Waals surface area (Å²) in [5.74, 6) is 0. The lowest BCUT2D eigenvalue weighted by molar-refractivity contribution is 0.421. The maximum atomic E-state index is 4.14. The molecule has 1 heterocycles. The van der Waals surface area contributed by atoms with E-state index >= 15 is 0 Å². The Labute approximate surface area is 148 Å². The largest absolute Gasteiger partial charge is 0.261 e. The maximum absolute atomic E-state index is 4.14. The van der Waals surface area contributed by atoms with Crippen LogP contribution in [-0.2, 0) is 0 Å². The van der Waals surface area contributed by atoms with Crippen molar-refractivity contribution < 1.29 is 0 Å². The van der Waals surface area contributed by atoms with Crippen LogP contribution in [0.5, 0.6) is 0 Å². The smallest absolute Gasteiger partial charge is 0.0812 e. The summed E-state index contributed by atoms with van der Waals surface area (Å²) in [4.78, 5) is 4.14. The monoisotopic (exact) mass is 348 g/mol. The number of fused-ring (bicyclic) bond motifs is 1. The summed E-state index contributed by atoms with van der Waals surface area (Å²) < 4.78 is 4.97. The third-order valence-electron chi connectivity index (χ3n) is 4.80. The van der Waals surface area contributed by atoms with Gasteiger partial charge >= 0.3 is 0 Å². The Bertz CT molecular complexity index is 509. The molecular weight excluding hydrogens is 320 g/mol. The van der Waals surface area contributed by atoms with Gasteiger partial charge in [0.05, 0.1) is 15.7 Å². The zero-order valence-corrected chi connectivity index (χ0v) is 15.5. The van der Waals surface area contributed by atoms with Crippen LogP contribution < -0.4 is 4.72 Å². The minimum atomic E-state index is 0.829. The number of hydrogen-bond donors (Lipinski definition) is 1. The van der Waals surface area contributed by atoms with Gasteiger partial charge in [0.2, 0.25) is 0 Å². The first-order valence-electron chi connectivity index (χ1n) is 9.11. The first-order chi connectivity index (χ1) is 11.4. The van der Waals surface area contributed by atoms with Crippen LogP contribution in [0.3, 0.4) is 0 Å². The Kier molecular flexibility index (Phi) is 7.24.